The van der Waals surface area contributed by atoms with Crippen LogP contribution in [-0.4, -0.2) is 30.3 Å². The third kappa shape index (κ3) is 3.10. The molecule has 0 rings (SSSR count). The highest BCUT2D eigenvalue weighted by Crippen LogP contribution is 2.61. The van der Waals surface area contributed by atoms with E-state index >= 15 is 0 Å². The molecule has 18 heavy (non-hydrogen) atoms. The van der Waals surface area contributed by atoms with Gasteiger partial charge in [0.25, 0.3) is 5.78 Å². The van der Waals surface area contributed by atoms with E-state index in [1.54, 1.807) is 0 Å². The van der Waals surface area contributed by atoms with Crippen LogP contribution in [0.15, 0.2) is 0 Å². The van der Waals surface area contributed by atoms with Gasteiger partial charge in [-0.25, -0.2) is 0 Å². The number of alkyl halides is 3. The number of Topliss-reactive ketones (excluding diaryl/α,β-unsaturated/α-hetero) is 1. The largest absolute Gasteiger partial charge is 0.452 e. The molecule has 0 amide bonds. The monoisotopic (exact) mass is 287 g/mol. The van der Waals surface area contributed by atoms with Crippen molar-refractivity contribution in [3.63, 3.8) is 0 Å². The number of carbonyl (C=O) groups is 1. The summed E-state index contributed by atoms with van der Waals surface area (Å²) in [5, 5.41) is 5.90. The van der Waals surface area contributed by atoms with Gasteiger partial charge in [0.15, 0.2) is 0 Å². The number of carbonyl (C=O) groups excluding carboxylic acids is 1. The molecule has 0 N–H and O–H groups in total. The third-order valence-electron chi connectivity index (χ3n) is 2.06. The molecule has 0 aliphatic carbocycles. The summed E-state index contributed by atoms with van der Waals surface area (Å²) in [7, 11) is -4.52. The number of hydrogen-bond donors (Lipinski definition) is 0. The zero-order valence-electron chi connectivity index (χ0n) is 10.1. The molecular formula is C9H13F3NO4P. The van der Waals surface area contributed by atoms with E-state index in [1.165, 1.54) is 13.8 Å². The lowest BCUT2D eigenvalue weighted by Gasteiger charge is -2.29. The van der Waals surface area contributed by atoms with Crippen molar-refractivity contribution in [2.75, 3.05) is 13.2 Å². The van der Waals surface area contributed by atoms with Crippen molar-refractivity contribution < 1.29 is 31.6 Å². The summed E-state index contributed by atoms with van der Waals surface area (Å²) in [5.41, 5.74) is 0. The minimum absolute atomic E-state index is 0.250. The van der Waals surface area contributed by atoms with E-state index < -0.39 is 24.7 Å². The number of ketones is 1. The Morgan fingerprint density at radius 3 is 1.89 bits per heavy atom. The first-order chi connectivity index (χ1) is 8.09. The van der Waals surface area contributed by atoms with Crippen molar-refractivity contribution in [2.45, 2.75) is 32.1 Å². The molecule has 1 unspecified atom stereocenters. The first kappa shape index (κ1) is 17.1. The van der Waals surface area contributed by atoms with Crippen LogP contribution in [0.1, 0.15) is 20.8 Å². The predicted molar refractivity (Wildman–Crippen MR) is 55.9 cm³/mol. The van der Waals surface area contributed by atoms with Crippen molar-refractivity contribution in [1.29, 1.82) is 5.26 Å². The van der Waals surface area contributed by atoms with Gasteiger partial charge >= 0.3 is 13.8 Å². The van der Waals surface area contributed by atoms with Gasteiger partial charge in [-0.3, -0.25) is 9.36 Å². The first-order valence-electron chi connectivity index (χ1n) is 5.01. The molecule has 5 nitrogen and oxygen atoms in total. The van der Waals surface area contributed by atoms with Crippen LogP contribution >= 0.6 is 7.60 Å². The fourth-order valence-electron chi connectivity index (χ4n) is 1.15. The third-order valence-corrected chi connectivity index (χ3v) is 4.66. The first-order valence-corrected chi connectivity index (χ1v) is 6.55. The van der Waals surface area contributed by atoms with Gasteiger partial charge in [-0.1, -0.05) is 0 Å². The highest BCUT2D eigenvalue weighted by molar-refractivity contribution is 7.57. The molecule has 0 aliphatic heterocycles. The molecule has 104 valence electrons. The molecule has 0 saturated carbocycles. The van der Waals surface area contributed by atoms with Crippen molar-refractivity contribution in [3.8, 4) is 6.07 Å². The number of nitriles is 1. The van der Waals surface area contributed by atoms with E-state index in [9.17, 15) is 22.5 Å². The van der Waals surface area contributed by atoms with Gasteiger partial charge in [-0.05, 0) is 20.8 Å². The van der Waals surface area contributed by atoms with Crippen LogP contribution in [0.2, 0.25) is 0 Å². The topological polar surface area (TPSA) is 76.4 Å². The van der Waals surface area contributed by atoms with Gasteiger partial charge in [0.1, 0.15) is 0 Å². The Balaban J connectivity index is 5.71. The minimum Gasteiger partial charge on any atom is -0.307 e. The summed E-state index contributed by atoms with van der Waals surface area (Å²) in [4.78, 5) is 11.2. The number of hydrogen-bond acceptors (Lipinski definition) is 5. The van der Waals surface area contributed by atoms with Gasteiger partial charge in [-0.2, -0.15) is 18.4 Å². The van der Waals surface area contributed by atoms with Gasteiger partial charge in [0, 0.05) is 0 Å². The van der Waals surface area contributed by atoms with Gasteiger partial charge in [-0.15, -0.1) is 0 Å². The fourth-order valence-corrected chi connectivity index (χ4v) is 2.92. The molecule has 1 atom stereocenters. The lowest BCUT2D eigenvalue weighted by molar-refractivity contribution is -0.172. The van der Waals surface area contributed by atoms with E-state index in [-0.39, 0.29) is 13.2 Å². The van der Waals surface area contributed by atoms with E-state index in [4.69, 9.17) is 5.26 Å². The smallest absolute Gasteiger partial charge is 0.307 e. The zero-order chi connectivity index (χ0) is 14.6. The van der Waals surface area contributed by atoms with Crippen LogP contribution in [0, 0.1) is 11.3 Å². The second-order valence-electron chi connectivity index (χ2n) is 3.34. The summed E-state index contributed by atoms with van der Waals surface area (Å²) < 4.78 is 58.7. The maximum absolute atomic E-state index is 12.4. The van der Waals surface area contributed by atoms with Gasteiger partial charge in [0.2, 0.25) is 5.16 Å². The van der Waals surface area contributed by atoms with Crippen LogP contribution in [0.3, 0.4) is 0 Å². The van der Waals surface area contributed by atoms with Crippen LogP contribution in [0.4, 0.5) is 13.2 Å². The molecule has 0 saturated heterocycles. The summed E-state index contributed by atoms with van der Waals surface area (Å²) in [6, 6.07) is 1.11. The lowest BCUT2D eigenvalue weighted by Crippen LogP contribution is -2.44. The number of nitrogens with zero attached hydrogens (tertiary/aromatic N) is 1. The van der Waals surface area contributed by atoms with Crippen LogP contribution in [0.5, 0.6) is 0 Å². The zero-order valence-corrected chi connectivity index (χ0v) is 11.0. The molecule has 0 spiro atoms. The quantitative estimate of drug-likeness (QED) is 0.702. The normalized spacial score (nSPS) is 15.8. The molecular weight excluding hydrogens is 274 g/mol. The Kier molecular flexibility index (Phi) is 5.54. The maximum atomic E-state index is 12.4. The number of rotatable bonds is 6. The van der Waals surface area contributed by atoms with Gasteiger partial charge in [0.05, 0.1) is 19.3 Å². The molecule has 0 bridgehead atoms. The predicted octanol–water partition coefficient (Wildman–Crippen LogP) is 2.67. The van der Waals surface area contributed by atoms with Crippen molar-refractivity contribution in [3.05, 3.63) is 0 Å². The van der Waals surface area contributed by atoms with E-state index in [1.807, 2.05) is 0 Å². The Hall–Kier alpha value is -0.900. The van der Waals surface area contributed by atoms with E-state index in [2.05, 4.69) is 9.05 Å². The van der Waals surface area contributed by atoms with Crippen molar-refractivity contribution >= 4 is 13.4 Å². The van der Waals surface area contributed by atoms with Crippen LogP contribution in [0.25, 0.3) is 0 Å². The van der Waals surface area contributed by atoms with E-state index in [0.717, 1.165) is 6.07 Å². The molecule has 0 aromatic heterocycles. The summed E-state index contributed by atoms with van der Waals surface area (Å²) >= 11 is 0. The molecule has 9 heteroatoms. The summed E-state index contributed by atoms with van der Waals surface area (Å²) in [6.45, 7) is 2.83. The highest BCUT2D eigenvalue weighted by atomic mass is 31.2. The van der Waals surface area contributed by atoms with Crippen LogP contribution < -0.4 is 0 Å². The molecule has 0 fully saturated rings. The molecule has 0 aliphatic rings. The Morgan fingerprint density at radius 1 is 1.28 bits per heavy atom. The number of halogens is 3. The van der Waals surface area contributed by atoms with Crippen molar-refractivity contribution in [2.24, 2.45) is 0 Å². The fraction of sp³-hybridized carbons (Fsp3) is 0.778. The average Bonchev–Trinajstić information content (AvgIpc) is 2.26. The Morgan fingerprint density at radius 2 is 1.67 bits per heavy atom. The van der Waals surface area contributed by atoms with Crippen molar-refractivity contribution in [1.82, 2.24) is 0 Å². The summed E-state index contributed by atoms with van der Waals surface area (Å²) in [5.74, 6) is -2.44. The molecule has 0 radical (unpaired) electrons. The second-order valence-corrected chi connectivity index (χ2v) is 5.75. The second kappa shape index (κ2) is 5.83. The highest BCUT2D eigenvalue weighted by Gasteiger charge is 2.62. The SMILES string of the molecule is CCOP(=O)(OCC)C(C)(C#N)C(=O)C(F)(F)F. The molecule has 0 aromatic rings. The van der Waals surface area contributed by atoms with Crippen LogP contribution in [-0.2, 0) is 18.4 Å². The average molecular weight is 287 g/mol. The molecule has 0 aromatic carbocycles. The van der Waals surface area contributed by atoms with E-state index in [0.29, 0.717) is 6.92 Å². The summed E-state index contributed by atoms with van der Waals surface area (Å²) in [6.07, 6.45) is -5.30. The Bertz CT molecular complexity index is 394. The Labute approximate surface area is 102 Å². The molecule has 0 heterocycles. The minimum atomic E-state index is -5.30. The van der Waals surface area contributed by atoms with Gasteiger partial charge < -0.3 is 9.05 Å². The standard InChI is InChI=1S/C9H13F3NO4P/c1-4-16-18(15,17-5-2)8(3,6-13)7(14)9(10,11)12/h4-5H2,1-3H3. The maximum Gasteiger partial charge on any atom is 0.452 e. The lowest BCUT2D eigenvalue weighted by atomic mass is 10.1.